The van der Waals surface area contributed by atoms with E-state index in [0.717, 1.165) is 5.56 Å². The van der Waals surface area contributed by atoms with Gasteiger partial charge >= 0.3 is 5.97 Å². The van der Waals surface area contributed by atoms with Crippen molar-refractivity contribution < 1.29 is 9.90 Å². The van der Waals surface area contributed by atoms with Crippen molar-refractivity contribution in [1.29, 1.82) is 0 Å². The van der Waals surface area contributed by atoms with Crippen molar-refractivity contribution in [2.45, 2.75) is 19.3 Å². The zero-order valence-electron chi connectivity index (χ0n) is 7.66. The Labute approximate surface area is 87.5 Å². The Bertz CT molecular complexity index is 339. The first-order valence-corrected chi connectivity index (χ1v) is 4.73. The minimum atomic E-state index is -0.780. The maximum absolute atomic E-state index is 10.3. The zero-order chi connectivity index (χ0) is 10.6. The number of hydrogen-bond donors (Lipinski definition) is 2. The number of benzene rings is 1. The molecule has 0 unspecified atom stereocenters. The van der Waals surface area contributed by atoms with Gasteiger partial charge in [0, 0.05) is 17.1 Å². The fourth-order valence-electron chi connectivity index (χ4n) is 1.22. The van der Waals surface area contributed by atoms with Crippen molar-refractivity contribution in [3.63, 3.8) is 0 Å². The molecule has 76 valence electrons. The van der Waals surface area contributed by atoms with Crippen molar-refractivity contribution >= 4 is 23.3 Å². The molecule has 1 aromatic carbocycles. The van der Waals surface area contributed by atoms with E-state index >= 15 is 0 Å². The molecular formula is C10H12ClNO2. The van der Waals surface area contributed by atoms with E-state index in [1.807, 2.05) is 6.07 Å². The van der Waals surface area contributed by atoms with E-state index in [-0.39, 0.29) is 6.42 Å². The summed E-state index contributed by atoms with van der Waals surface area (Å²) in [5, 5.41) is 9.05. The zero-order valence-corrected chi connectivity index (χ0v) is 8.42. The highest BCUT2D eigenvalue weighted by molar-refractivity contribution is 6.30. The fourth-order valence-corrected chi connectivity index (χ4v) is 1.40. The van der Waals surface area contributed by atoms with E-state index in [2.05, 4.69) is 0 Å². The summed E-state index contributed by atoms with van der Waals surface area (Å²) in [5.74, 6) is -0.780. The largest absolute Gasteiger partial charge is 0.481 e. The predicted molar refractivity (Wildman–Crippen MR) is 56.4 cm³/mol. The van der Waals surface area contributed by atoms with Crippen LogP contribution in [0.4, 0.5) is 5.69 Å². The van der Waals surface area contributed by atoms with E-state index in [4.69, 9.17) is 22.4 Å². The van der Waals surface area contributed by atoms with Crippen LogP contribution in [0.15, 0.2) is 18.2 Å². The number of carbonyl (C=O) groups is 1. The summed E-state index contributed by atoms with van der Waals surface area (Å²) in [7, 11) is 0. The topological polar surface area (TPSA) is 63.3 Å². The van der Waals surface area contributed by atoms with Crippen LogP contribution < -0.4 is 5.73 Å². The average Bonchev–Trinajstić information content (AvgIpc) is 2.08. The maximum atomic E-state index is 10.3. The number of carboxylic acid groups (broad SMARTS) is 1. The molecule has 0 heterocycles. The van der Waals surface area contributed by atoms with Gasteiger partial charge in [0.05, 0.1) is 0 Å². The minimum absolute atomic E-state index is 0.169. The lowest BCUT2D eigenvalue weighted by molar-refractivity contribution is -0.137. The number of nitrogens with two attached hydrogens (primary N) is 1. The molecule has 0 saturated carbocycles. The van der Waals surface area contributed by atoms with Crippen LogP contribution >= 0.6 is 11.6 Å². The third-order valence-electron chi connectivity index (χ3n) is 1.94. The summed E-state index contributed by atoms with van der Waals surface area (Å²) in [5.41, 5.74) is 7.29. The van der Waals surface area contributed by atoms with Crippen molar-refractivity contribution in [2.24, 2.45) is 0 Å². The molecular weight excluding hydrogens is 202 g/mol. The Hall–Kier alpha value is -1.22. The minimum Gasteiger partial charge on any atom is -0.481 e. The van der Waals surface area contributed by atoms with Crippen LogP contribution in [0.2, 0.25) is 5.02 Å². The molecule has 4 heteroatoms. The second-order valence-electron chi connectivity index (χ2n) is 3.09. The van der Waals surface area contributed by atoms with Gasteiger partial charge in [-0.05, 0) is 30.5 Å². The number of anilines is 1. The number of halogens is 1. The summed E-state index contributed by atoms with van der Waals surface area (Å²) in [6, 6.07) is 5.27. The smallest absolute Gasteiger partial charge is 0.303 e. The fraction of sp³-hybridized carbons (Fsp3) is 0.300. The van der Waals surface area contributed by atoms with E-state index < -0.39 is 5.97 Å². The molecule has 0 spiro atoms. The predicted octanol–water partition coefficient (Wildman–Crippen LogP) is 2.33. The highest BCUT2D eigenvalue weighted by Gasteiger charge is 2.02. The van der Waals surface area contributed by atoms with Crippen LogP contribution in [-0.2, 0) is 11.2 Å². The number of rotatable bonds is 4. The number of aryl methyl sites for hydroxylation is 1. The molecule has 0 aliphatic rings. The highest BCUT2D eigenvalue weighted by atomic mass is 35.5. The summed E-state index contributed by atoms with van der Waals surface area (Å²) >= 11 is 5.73. The normalized spacial score (nSPS) is 10.1. The van der Waals surface area contributed by atoms with Gasteiger partial charge < -0.3 is 10.8 Å². The van der Waals surface area contributed by atoms with Gasteiger partial charge in [-0.25, -0.2) is 0 Å². The molecule has 0 fully saturated rings. The second-order valence-corrected chi connectivity index (χ2v) is 3.53. The Morgan fingerprint density at radius 2 is 2.21 bits per heavy atom. The SMILES string of the molecule is Nc1cc(Cl)ccc1CCCC(=O)O. The average molecular weight is 214 g/mol. The molecule has 0 radical (unpaired) electrons. The van der Waals surface area contributed by atoms with E-state index in [0.29, 0.717) is 23.6 Å². The first kappa shape index (κ1) is 10.9. The Kier molecular flexibility index (Phi) is 3.77. The van der Waals surface area contributed by atoms with Gasteiger partial charge in [0.15, 0.2) is 0 Å². The lowest BCUT2D eigenvalue weighted by Gasteiger charge is -2.04. The van der Waals surface area contributed by atoms with Crippen molar-refractivity contribution in [3.05, 3.63) is 28.8 Å². The van der Waals surface area contributed by atoms with E-state index in [1.54, 1.807) is 12.1 Å². The third-order valence-corrected chi connectivity index (χ3v) is 2.18. The van der Waals surface area contributed by atoms with Crippen molar-refractivity contribution in [2.75, 3.05) is 5.73 Å². The molecule has 3 N–H and O–H groups in total. The van der Waals surface area contributed by atoms with Gasteiger partial charge in [-0.1, -0.05) is 17.7 Å². The molecule has 0 saturated heterocycles. The maximum Gasteiger partial charge on any atom is 0.303 e. The molecule has 1 rings (SSSR count). The number of hydrogen-bond acceptors (Lipinski definition) is 2. The molecule has 0 atom stereocenters. The van der Waals surface area contributed by atoms with Crippen LogP contribution in [0.3, 0.4) is 0 Å². The summed E-state index contributed by atoms with van der Waals surface area (Å²) in [6.45, 7) is 0. The Balaban J connectivity index is 2.55. The highest BCUT2D eigenvalue weighted by Crippen LogP contribution is 2.19. The first-order chi connectivity index (χ1) is 6.59. The molecule has 0 aromatic heterocycles. The summed E-state index contributed by atoms with van der Waals surface area (Å²) < 4.78 is 0. The molecule has 14 heavy (non-hydrogen) atoms. The summed E-state index contributed by atoms with van der Waals surface area (Å²) in [4.78, 5) is 10.3. The number of carboxylic acids is 1. The van der Waals surface area contributed by atoms with Gasteiger partial charge in [0.2, 0.25) is 0 Å². The van der Waals surface area contributed by atoms with Gasteiger partial charge in [-0.3, -0.25) is 4.79 Å². The summed E-state index contributed by atoms with van der Waals surface area (Å²) in [6.07, 6.45) is 1.44. The van der Waals surface area contributed by atoms with Crippen molar-refractivity contribution in [1.82, 2.24) is 0 Å². The van der Waals surface area contributed by atoms with E-state index in [1.165, 1.54) is 0 Å². The van der Waals surface area contributed by atoms with Crippen LogP contribution in [-0.4, -0.2) is 11.1 Å². The van der Waals surface area contributed by atoms with E-state index in [9.17, 15) is 4.79 Å². The Morgan fingerprint density at radius 1 is 1.50 bits per heavy atom. The van der Waals surface area contributed by atoms with Gasteiger partial charge in [-0.15, -0.1) is 0 Å². The van der Waals surface area contributed by atoms with Crippen LogP contribution in [0.1, 0.15) is 18.4 Å². The quantitative estimate of drug-likeness (QED) is 0.755. The molecule has 1 aromatic rings. The van der Waals surface area contributed by atoms with Gasteiger partial charge in [0.25, 0.3) is 0 Å². The monoisotopic (exact) mass is 213 g/mol. The first-order valence-electron chi connectivity index (χ1n) is 4.35. The van der Waals surface area contributed by atoms with Crippen molar-refractivity contribution in [3.8, 4) is 0 Å². The van der Waals surface area contributed by atoms with Crippen LogP contribution in [0.25, 0.3) is 0 Å². The molecule has 3 nitrogen and oxygen atoms in total. The standard InChI is InChI=1S/C10H12ClNO2/c11-8-5-4-7(9(12)6-8)2-1-3-10(13)14/h4-6H,1-3,12H2,(H,13,14). The van der Waals surface area contributed by atoms with Crippen LogP contribution in [0, 0.1) is 0 Å². The molecule has 0 aliphatic heterocycles. The number of nitrogen functional groups attached to an aromatic ring is 1. The lowest BCUT2D eigenvalue weighted by atomic mass is 10.1. The Morgan fingerprint density at radius 3 is 2.79 bits per heavy atom. The number of aliphatic carboxylic acids is 1. The third kappa shape index (κ3) is 3.26. The van der Waals surface area contributed by atoms with Gasteiger partial charge in [0.1, 0.15) is 0 Å². The lowest BCUT2D eigenvalue weighted by Crippen LogP contribution is -1.98. The molecule has 0 bridgehead atoms. The molecule has 0 amide bonds. The molecule has 0 aliphatic carbocycles. The van der Waals surface area contributed by atoms with Crippen LogP contribution in [0.5, 0.6) is 0 Å². The van der Waals surface area contributed by atoms with Gasteiger partial charge in [-0.2, -0.15) is 0 Å². The second kappa shape index (κ2) is 4.86.